The van der Waals surface area contributed by atoms with E-state index in [1.807, 2.05) is 13.0 Å². The largest absolute Gasteiger partial charge is 0.103 e. The van der Waals surface area contributed by atoms with Gasteiger partial charge in [0.1, 0.15) is 0 Å². The lowest BCUT2D eigenvalue weighted by Crippen LogP contribution is -1.96. The standard InChI is InChI=1S/C9H15/c1-5-7-9(6-2)8(3)4/h3,5,9H,1,6-7H2,2,4H3. The first-order valence-corrected chi connectivity index (χ1v) is 3.42. The highest BCUT2D eigenvalue weighted by molar-refractivity contribution is 4.95. The summed E-state index contributed by atoms with van der Waals surface area (Å²) in [4.78, 5) is 0. The van der Waals surface area contributed by atoms with E-state index in [1.165, 1.54) is 0 Å². The molecule has 0 aliphatic heterocycles. The smallest absolute Gasteiger partial charge is 0.0171 e. The van der Waals surface area contributed by atoms with Crippen molar-refractivity contribution in [3.8, 4) is 0 Å². The third-order valence-corrected chi connectivity index (χ3v) is 1.59. The van der Waals surface area contributed by atoms with E-state index in [9.17, 15) is 0 Å². The van der Waals surface area contributed by atoms with Gasteiger partial charge in [-0.1, -0.05) is 25.2 Å². The second-order valence-corrected chi connectivity index (χ2v) is 2.37. The van der Waals surface area contributed by atoms with Crippen LogP contribution in [0.5, 0.6) is 0 Å². The molecular weight excluding hydrogens is 108 g/mol. The van der Waals surface area contributed by atoms with Crippen LogP contribution in [-0.2, 0) is 0 Å². The Hall–Kier alpha value is -0.520. The normalized spacial score (nSPS) is 12.7. The van der Waals surface area contributed by atoms with E-state index in [4.69, 9.17) is 6.58 Å². The minimum absolute atomic E-state index is 0.544. The lowest BCUT2D eigenvalue weighted by molar-refractivity contribution is 0.602. The summed E-state index contributed by atoms with van der Waals surface area (Å²) in [6.07, 6.45) is 4.05. The Bertz CT molecular complexity index is 101. The Morgan fingerprint density at radius 1 is 1.78 bits per heavy atom. The highest BCUT2D eigenvalue weighted by Gasteiger charge is 2.02. The van der Waals surface area contributed by atoms with Gasteiger partial charge in [0, 0.05) is 0 Å². The maximum atomic E-state index is 5.60. The SMILES string of the molecule is [CH]=C(C)C(CC)CC=C. The molecule has 0 saturated heterocycles. The number of rotatable bonds is 4. The molecule has 1 atom stereocenters. The van der Waals surface area contributed by atoms with Crippen molar-refractivity contribution in [1.82, 2.24) is 0 Å². The Morgan fingerprint density at radius 3 is 2.44 bits per heavy atom. The molecular formula is C9H15. The van der Waals surface area contributed by atoms with E-state index in [1.54, 1.807) is 0 Å². The number of allylic oxidation sites excluding steroid dienone is 2. The Kier molecular flexibility index (Phi) is 4.12. The maximum absolute atomic E-state index is 5.60. The second kappa shape index (κ2) is 4.37. The average molecular weight is 123 g/mol. The van der Waals surface area contributed by atoms with Crippen LogP contribution in [0.15, 0.2) is 18.2 Å². The van der Waals surface area contributed by atoms with Crippen LogP contribution < -0.4 is 0 Å². The average Bonchev–Trinajstić information content (AvgIpc) is 1.82. The highest BCUT2D eigenvalue weighted by Crippen LogP contribution is 2.16. The van der Waals surface area contributed by atoms with E-state index >= 15 is 0 Å². The zero-order chi connectivity index (χ0) is 7.28. The van der Waals surface area contributed by atoms with Crippen LogP contribution in [0.1, 0.15) is 26.7 Å². The van der Waals surface area contributed by atoms with Crippen molar-refractivity contribution in [3.05, 3.63) is 24.8 Å². The van der Waals surface area contributed by atoms with Crippen molar-refractivity contribution in [2.24, 2.45) is 5.92 Å². The quantitative estimate of drug-likeness (QED) is 0.504. The summed E-state index contributed by atoms with van der Waals surface area (Å²) >= 11 is 0. The van der Waals surface area contributed by atoms with E-state index in [0.717, 1.165) is 18.4 Å². The van der Waals surface area contributed by atoms with Gasteiger partial charge in [-0.05, 0) is 25.7 Å². The fourth-order valence-electron chi connectivity index (χ4n) is 0.876. The molecule has 1 unspecified atom stereocenters. The minimum Gasteiger partial charge on any atom is -0.103 e. The van der Waals surface area contributed by atoms with Gasteiger partial charge in [0.25, 0.3) is 0 Å². The molecule has 0 nitrogen and oxygen atoms in total. The van der Waals surface area contributed by atoms with Crippen LogP contribution in [0.2, 0.25) is 0 Å². The zero-order valence-corrected chi connectivity index (χ0v) is 6.35. The van der Waals surface area contributed by atoms with Gasteiger partial charge in [-0.25, -0.2) is 0 Å². The van der Waals surface area contributed by atoms with Crippen molar-refractivity contribution in [2.75, 3.05) is 0 Å². The van der Waals surface area contributed by atoms with Crippen molar-refractivity contribution < 1.29 is 0 Å². The van der Waals surface area contributed by atoms with E-state index in [-0.39, 0.29) is 0 Å². The molecule has 0 heterocycles. The topological polar surface area (TPSA) is 0 Å². The van der Waals surface area contributed by atoms with Gasteiger partial charge in [-0.15, -0.1) is 6.58 Å². The lowest BCUT2D eigenvalue weighted by atomic mass is 9.96. The molecule has 0 bridgehead atoms. The van der Waals surface area contributed by atoms with Gasteiger partial charge in [0.05, 0.1) is 0 Å². The van der Waals surface area contributed by atoms with Gasteiger partial charge in [-0.3, -0.25) is 0 Å². The Labute approximate surface area is 58.3 Å². The van der Waals surface area contributed by atoms with E-state index in [0.29, 0.717) is 5.92 Å². The van der Waals surface area contributed by atoms with E-state index in [2.05, 4.69) is 13.5 Å². The third-order valence-electron chi connectivity index (χ3n) is 1.59. The summed E-state index contributed by atoms with van der Waals surface area (Å²) in [5.41, 5.74) is 1.03. The summed E-state index contributed by atoms with van der Waals surface area (Å²) < 4.78 is 0. The summed E-state index contributed by atoms with van der Waals surface area (Å²) in [5.74, 6) is 0.544. The molecule has 0 aromatic heterocycles. The van der Waals surface area contributed by atoms with Gasteiger partial charge >= 0.3 is 0 Å². The second-order valence-electron chi connectivity index (χ2n) is 2.37. The van der Waals surface area contributed by atoms with Crippen LogP contribution in [0.4, 0.5) is 0 Å². The van der Waals surface area contributed by atoms with Crippen LogP contribution in [0.25, 0.3) is 0 Å². The first-order chi connectivity index (χ1) is 4.22. The van der Waals surface area contributed by atoms with Crippen molar-refractivity contribution in [3.63, 3.8) is 0 Å². The lowest BCUT2D eigenvalue weighted by Gasteiger charge is -2.10. The molecule has 0 aliphatic carbocycles. The summed E-state index contributed by atoms with van der Waals surface area (Å²) in [5, 5.41) is 0. The van der Waals surface area contributed by atoms with Crippen molar-refractivity contribution in [1.29, 1.82) is 0 Å². The fourth-order valence-corrected chi connectivity index (χ4v) is 0.876. The molecule has 0 amide bonds. The molecule has 0 aliphatic rings. The molecule has 0 fully saturated rings. The molecule has 0 N–H and O–H groups in total. The van der Waals surface area contributed by atoms with Crippen LogP contribution >= 0.6 is 0 Å². The third kappa shape index (κ3) is 3.12. The van der Waals surface area contributed by atoms with Crippen LogP contribution in [0, 0.1) is 12.5 Å². The summed E-state index contributed by atoms with van der Waals surface area (Å²) in [7, 11) is 0. The van der Waals surface area contributed by atoms with Crippen LogP contribution in [0.3, 0.4) is 0 Å². The monoisotopic (exact) mass is 123 g/mol. The maximum Gasteiger partial charge on any atom is -0.0171 e. The molecule has 1 radical (unpaired) electrons. The van der Waals surface area contributed by atoms with Gasteiger partial charge in [0.2, 0.25) is 0 Å². The molecule has 0 aromatic rings. The number of hydrogen-bond donors (Lipinski definition) is 0. The molecule has 51 valence electrons. The molecule has 0 saturated carbocycles. The van der Waals surface area contributed by atoms with Gasteiger partial charge < -0.3 is 0 Å². The molecule has 0 rings (SSSR count). The Morgan fingerprint density at radius 2 is 2.33 bits per heavy atom. The summed E-state index contributed by atoms with van der Waals surface area (Å²) in [6, 6.07) is 0. The van der Waals surface area contributed by atoms with Crippen molar-refractivity contribution in [2.45, 2.75) is 26.7 Å². The first kappa shape index (κ1) is 8.48. The fraction of sp³-hybridized carbons (Fsp3) is 0.556. The molecule has 0 aromatic carbocycles. The predicted molar refractivity (Wildman–Crippen MR) is 42.1 cm³/mol. The summed E-state index contributed by atoms with van der Waals surface area (Å²) in [6.45, 7) is 13.4. The van der Waals surface area contributed by atoms with Crippen molar-refractivity contribution >= 4 is 0 Å². The van der Waals surface area contributed by atoms with Crippen LogP contribution in [-0.4, -0.2) is 0 Å². The Balaban J connectivity index is 3.67. The minimum atomic E-state index is 0.544. The molecule has 0 spiro atoms. The number of hydrogen-bond acceptors (Lipinski definition) is 0. The van der Waals surface area contributed by atoms with E-state index < -0.39 is 0 Å². The first-order valence-electron chi connectivity index (χ1n) is 3.42. The highest BCUT2D eigenvalue weighted by atomic mass is 14.1. The zero-order valence-electron chi connectivity index (χ0n) is 6.35. The predicted octanol–water partition coefficient (Wildman–Crippen LogP) is 2.97. The molecule has 0 heteroatoms. The van der Waals surface area contributed by atoms with Gasteiger partial charge in [0.15, 0.2) is 0 Å². The molecule has 9 heavy (non-hydrogen) atoms. The van der Waals surface area contributed by atoms with Gasteiger partial charge in [-0.2, -0.15) is 0 Å².